The summed E-state index contributed by atoms with van der Waals surface area (Å²) in [5.41, 5.74) is 3.71. The smallest absolute Gasteiger partial charge is 0.417 e. The molecule has 12 nitrogen and oxygen atoms in total. The molecule has 4 rings (SSSR count). The highest BCUT2D eigenvalue weighted by Crippen LogP contribution is 2.28. The van der Waals surface area contributed by atoms with Crippen LogP contribution >= 0.6 is 23.5 Å². The number of hydrogen-bond acceptors (Lipinski definition) is 14. The van der Waals surface area contributed by atoms with Crippen LogP contribution in [-0.2, 0) is 19.1 Å². The van der Waals surface area contributed by atoms with Gasteiger partial charge in [0.2, 0.25) is 0 Å². The van der Waals surface area contributed by atoms with Crippen LogP contribution in [-0.4, -0.2) is 106 Å². The summed E-state index contributed by atoms with van der Waals surface area (Å²) in [5.74, 6) is -1.10. The molecule has 0 bridgehead atoms. The van der Waals surface area contributed by atoms with E-state index in [0.29, 0.717) is 24.6 Å². The van der Waals surface area contributed by atoms with Crippen molar-refractivity contribution >= 4 is 46.5 Å². The van der Waals surface area contributed by atoms with Crippen LogP contribution in [0.4, 0.5) is 0 Å². The van der Waals surface area contributed by atoms with Crippen LogP contribution in [0, 0.1) is 0 Å². The molecule has 2 aromatic rings. The van der Waals surface area contributed by atoms with E-state index in [1.54, 1.807) is 0 Å². The summed E-state index contributed by atoms with van der Waals surface area (Å²) in [6.45, 7) is 4.24. The van der Waals surface area contributed by atoms with Gasteiger partial charge in [0.1, 0.15) is 11.4 Å². The molecule has 206 valence electrons. The van der Waals surface area contributed by atoms with E-state index in [0.717, 1.165) is 85.0 Å². The summed E-state index contributed by atoms with van der Waals surface area (Å²) in [6.07, 6.45) is 7.04. The second kappa shape index (κ2) is 14.3. The summed E-state index contributed by atoms with van der Waals surface area (Å²) < 4.78 is 38.6. The summed E-state index contributed by atoms with van der Waals surface area (Å²) >= 11 is 2.20. The fourth-order valence-electron chi connectivity index (χ4n) is 3.98. The molecule has 0 radical (unpaired) electrons. The summed E-state index contributed by atoms with van der Waals surface area (Å²) in [7, 11) is 4.12. The zero-order chi connectivity index (χ0) is 26.7. The molecule has 0 N–H and O–H groups in total. The highest BCUT2D eigenvalue weighted by atomic mass is 32.1. The van der Waals surface area contributed by atoms with Crippen molar-refractivity contribution in [3.63, 3.8) is 0 Å². The normalized spacial score (nSPS) is 16.5. The van der Waals surface area contributed by atoms with Crippen molar-refractivity contribution in [2.45, 2.75) is 25.7 Å². The number of carbonyl (C=O) groups is 2. The van der Waals surface area contributed by atoms with E-state index in [2.05, 4.69) is 53.5 Å². The molecule has 2 aliphatic rings. The Bertz CT molecular complexity index is 1060. The van der Waals surface area contributed by atoms with Gasteiger partial charge in [-0.15, -0.1) is 8.75 Å². The SMILES string of the molecule is CN1CCC=C(c2nsnc2OCCCOC(=O)C(=O)OCCCOc2nsnc2C2=CCCN(C)C2)C1. The molecule has 0 saturated carbocycles. The fraction of sp³-hybridized carbons (Fsp3) is 0.583. The maximum absolute atomic E-state index is 11.9. The largest absolute Gasteiger partial charge is 0.475 e. The second-order valence-corrected chi connectivity index (χ2v) is 10.1. The molecule has 0 atom stereocenters. The van der Waals surface area contributed by atoms with E-state index in [1.807, 2.05) is 0 Å². The minimum Gasteiger partial charge on any atom is -0.475 e. The molecule has 0 fully saturated rings. The lowest BCUT2D eigenvalue weighted by Crippen LogP contribution is -2.25. The van der Waals surface area contributed by atoms with Gasteiger partial charge in [0.05, 0.1) is 49.9 Å². The van der Waals surface area contributed by atoms with E-state index >= 15 is 0 Å². The summed E-state index contributed by atoms with van der Waals surface area (Å²) in [5, 5.41) is 0. The fourth-order valence-corrected chi connectivity index (χ4v) is 5.04. The Hall–Kier alpha value is -2.94. The maximum Gasteiger partial charge on any atom is 0.417 e. The van der Waals surface area contributed by atoms with Gasteiger partial charge in [0.15, 0.2) is 0 Å². The van der Waals surface area contributed by atoms with E-state index < -0.39 is 11.9 Å². The Morgan fingerprint density at radius 2 is 1.18 bits per heavy atom. The number of aromatic nitrogens is 4. The number of likely N-dealkylation sites (N-methyl/N-ethyl adjacent to an activating group) is 2. The Labute approximate surface area is 229 Å². The predicted octanol–water partition coefficient (Wildman–Crippen LogP) is 2.15. The van der Waals surface area contributed by atoms with Gasteiger partial charge in [-0.3, -0.25) is 0 Å². The first-order valence-electron chi connectivity index (χ1n) is 12.5. The molecule has 4 heterocycles. The average molecular weight is 565 g/mol. The van der Waals surface area contributed by atoms with Crippen molar-refractivity contribution < 1.29 is 28.5 Å². The molecular formula is C24H32N6O6S2. The third-order valence-electron chi connectivity index (χ3n) is 5.90. The van der Waals surface area contributed by atoms with Crippen LogP contribution in [0.2, 0.25) is 0 Å². The lowest BCUT2D eigenvalue weighted by molar-refractivity contribution is -0.168. The first kappa shape index (κ1) is 28.1. The van der Waals surface area contributed by atoms with Crippen LogP contribution in [0.15, 0.2) is 12.2 Å². The first-order valence-corrected chi connectivity index (χ1v) is 14.0. The molecule has 0 amide bonds. The minimum absolute atomic E-state index is 0.0278. The molecule has 14 heteroatoms. The van der Waals surface area contributed by atoms with Crippen molar-refractivity contribution in [2.24, 2.45) is 0 Å². The Kier molecular flexibility index (Phi) is 10.6. The van der Waals surface area contributed by atoms with E-state index in [4.69, 9.17) is 18.9 Å². The lowest BCUT2D eigenvalue weighted by atomic mass is 10.1. The third kappa shape index (κ3) is 8.03. The lowest BCUT2D eigenvalue weighted by Gasteiger charge is -2.22. The number of carbonyl (C=O) groups excluding carboxylic acids is 2. The number of ether oxygens (including phenoxy) is 4. The number of nitrogens with zero attached hydrogens (tertiary/aromatic N) is 6. The van der Waals surface area contributed by atoms with Gasteiger partial charge >= 0.3 is 11.9 Å². The van der Waals surface area contributed by atoms with E-state index in [1.165, 1.54) is 0 Å². The van der Waals surface area contributed by atoms with Gasteiger partial charge in [0, 0.05) is 39.0 Å². The maximum atomic E-state index is 11.9. The van der Waals surface area contributed by atoms with Gasteiger partial charge in [-0.2, -0.15) is 8.75 Å². The van der Waals surface area contributed by atoms with Gasteiger partial charge < -0.3 is 28.7 Å². The second-order valence-electron chi connectivity index (χ2n) is 9.02. The zero-order valence-corrected chi connectivity index (χ0v) is 23.2. The molecule has 0 spiro atoms. The molecule has 0 aliphatic carbocycles. The Morgan fingerprint density at radius 3 is 1.61 bits per heavy atom. The Morgan fingerprint density at radius 1 is 0.737 bits per heavy atom. The standard InChI is InChI=1S/C24H32N6O6S2/c1-29-9-3-7-17(15-29)19-21(27-37-25-19)33-11-5-13-35-23(31)24(32)36-14-6-12-34-22-20(26-38-28-22)18-8-4-10-30(2)16-18/h7-8H,3-6,9-16H2,1-2H3. The highest BCUT2D eigenvalue weighted by molar-refractivity contribution is 6.99. The highest BCUT2D eigenvalue weighted by Gasteiger charge is 2.21. The van der Waals surface area contributed by atoms with Crippen molar-refractivity contribution in [3.05, 3.63) is 23.5 Å². The summed E-state index contributed by atoms with van der Waals surface area (Å²) in [6, 6.07) is 0. The van der Waals surface area contributed by atoms with Crippen molar-refractivity contribution in [3.8, 4) is 11.8 Å². The third-order valence-corrected chi connectivity index (χ3v) is 6.92. The molecule has 0 aromatic carbocycles. The van der Waals surface area contributed by atoms with Gasteiger partial charge in [-0.25, -0.2) is 9.59 Å². The van der Waals surface area contributed by atoms with Crippen LogP contribution in [0.25, 0.3) is 11.1 Å². The van der Waals surface area contributed by atoms with Gasteiger partial charge in [0.25, 0.3) is 11.8 Å². The topological polar surface area (TPSA) is 129 Å². The molecule has 2 aromatic heterocycles. The van der Waals surface area contributed by atoms with E-state index in [9.17, 15) is 9.59 Å². The predicted molar refractivity (Wildman–Crippen MR) is 142 cm³/mol. The van der Waals surface area contributed by atoms with Gasteiger partial charge in [-0.1, -0.05) is 12.2 Å². The first-order chi connectivity index (χ1) is 18.5. The number of esters is 2. The molecule has 38 heavy (non-hydrogen) atoms. The van der Waals surface area contributed by atoms with Crippen LogP contribution in [0.1, 0.15) is 37.1 Å². The Balaban J connectivity index is 1.07. The van der Waals surface area contributed by atoms with Crippen molar-refractivity contribution in [1.82, 2.24) is 27.3 Å². The summed E-state index contributed by atoms with van der Waals surface area (Å²) in [4.78, 5) is 28.2. The van der Waals surface area contributed by atoms with Crippen molar-refractivity contribution in [1.29, 1.82) is 0 Å². The monoisotopic (exact) mass is 564 g/mol. The number of hydrogen-bond donors (Lipinski definition) is 0. The van der Waals surface area contributed by atoms with Crippen LogP contribution in [0.5, 0.6) is 11.8 Å². The minimum atomic E-state index is -1.03. The zero-order valence-electron chi connectivity index (χ0n) is 21.6. The average Bonchev–Trinajstić information content (AvgIpc) is 3.58. The van der Waals surface area contributed by atoms with Crippen LogP contribution in [0.3, 0.4) is 0 Å². The van der Waals surface area contributed by atoms with E-state index in [-0.39, 0.29) is 26.4 Å². The van der Waals surface area contributed by atoms with Crippen LogP contribution < -0.4 is 9.47 Å². The van der Waals surface area contributed by atoms with Crippen molar-refractivity contribution in [2.75, 3.05) is 66.7 Å². The molecule has 0 saturated heterocycles. The molecule has 0 unspecified atom stereocenters. The molecular weight excluding hydrogens is 532 g/mol. The number of rotatable bonds is 12. The van der Waals surface area contributed by atoms with Gasteiger partial charge in [-0.05, 0) is 38.1 Å². The quantitative estimate of drug-likeness (QED) is 0.213. The molecule has 2 aliphatic heterocycles.